The molecule has 1 aromatic heterocycles. The van der Waals surface area contributed by atoms with E-state index in [0.717, 1.165) is 6.07 Å². The summed E-state index contributed by atoms with van der Waals surface area (Å²) in [5, 5.41) is 0. The molecule has 0 amide bonds. The Bertz CT molecular complexity index is 991. The van der Waals surface area contributed by atoms with Crippen molar-refractivity contribution in [1.82, 2.24) is 10.0 Å². The highest BCUT2D eigenvalue weighted by Crippen LogP contribution is 2.45. The molecule has 3 rings (SSSR count). The van der Waals surface area contributed by atoms with Crippen LogP contribution < -0.4 is 15.8 Å². The molecule has 1 aromatic carbocycles. The molecule has 28 heavy (non-hydrogen) atoms. The van der Waals surface area contributed by atoms with Crippen molar-refractivity contribution in [3.63, 3.8) is 0 Å². The zero-order valence-electron chi connectivity index (χ0n) is 16.0. The van der Waals surface area contributed by atoms with Gasteiger partial charge in [0, 0.05) is 17.8 Å². The summed E-state index contributed by atoms with van der Waals surface area (Å²) in [7, 11) is 0. The van der Waals surface area contributed by atoms with Crippen LogP contribution in [0, 0.1) is 6.92 Å². The number of fused-ring (bicyclic) bond motifs is 1. The zero-order valence-corrected chi connectivity index (χ0v) is 16.0. The van der Waals surface area contributed by atoms with Crippen LogP contribution in [0.2, 0.25) is 0 Å². The molecule has 150 valence electrons. The first-order chi connectivity index (χ1) is 13.1. The average molecular weight is 394 g/mol. The highest BCUT2D eigenvalue weighted by molar-refractivity contribution is 5.79. The molecule has 0 fully saturated rings. The molecule has 0 unspecified atom stereocenters. The third-order valence-electron chi connectivity index (χ3n) is 4.55. The third-order valence-corrected chi connectivity index (χ3v) is 4.55. The van der Waals surface area contributed by atoms with Crippen molar-refractivity contribution in [2.45, 2.75) is 39.5 Å². The lowest BCUT2D eigenvalue weighted by Gasteiger charge is -2.38. The number of hydrogen-bond acceptors (Lipinski definition) is 4. The van der Waals surface area contributed by atoms with Gasteiger partial charge in [-0.05, 0) is 51.5 Å². The molecule has 0 saturated heterocycles. The van der Waals surface area contributed by atoms with Crippen LogP contribution in [0.5, 0.6) is 5.75 Å². The second kappa shape index (κ2) is 7.01. The molecule has 1 aliphatic heterocycles. The van der Waals surface area contributed by atoms with Gasteiger partial charge in [0.05, 0.1) is 17.9 Å². The van der Waals surface area contributed by atoms with Gasteiger partial charge in [-0.25, -0.2) is 0 Å². The minimum absolute atomic E-state index is 0.0259. The van der Waals surface area contributed by atoms with Gasteiger partial charge in [0.1, 0.15) is 17.0 Å². The number of aromatic nitrogens is 1. The molecular weight excluding hydrogens is 373 g/mol. The molecule has 2 aromatic rings. The van der Waals surface area contributed by atoms with Crippen molar-refractivity contribution in [3.05, 3.63) is 69.3 Å². The first-order valence-electron chi connectivity index (χ1n) is 8.78. The molecule has 8 heteroatoms. The fourth-order valence-corrected chi connectivity index (χ4v) is 3.28. The van der Waals surface area contributed by atoms with Gasteiger partial charge in [-0.3, -0.25) is 19.7 Å². The van der Waals surface area contributed by atoms with Gasteiger partial charge in [-0.1, -0.05) is 6.07 Å². The van der Waals surface area contributed by atoms with E-state index in [9.17, 15) is 18.0 Å². The summed E-state index contributed by atoms with van der Waals surface area (Å²) in [6.45, 7) is 6.94. The maximum atomic E-state index is 13.5. The lowest BCUT2D eigenvalue weighted by molar-refractivity contribution is -0.138. The van der Waals surface area contributed by atoms with Crippen molar-refractivity contribution in [1.29, 1.82) is 0 Å². The number of nitrogens with one attached hydrogen (secondary N) is 1. The molecule has 1 N–H and O–H groups in total. The van der Waals surface area contributed by atoms with E-state index in [-0.39, 0.29) is 28.1 Å². The quantitative estimate of drug-likeness (QED) is 0.794. The average Bonchev–Trinajstić information content (AvgIpc) is 2.59. The fraction of sp³-hybridized carbons (Fsp3) is 0.350. The summed E-state index contributed by atoms with van der Waals surface area (Å²) < 4.78 is 47.8. The van der Waals surface area contributed by atoms with Crippen LogP contribution in [0.1, 0.15) is 37.5 Å². The number of alkyl halides is 3. The summed E-state index contributed by atoms with van der Waals surface area (Å²) in [5.74, 6) is 0.267. The van der Waals surface area contributed by atoms with E-state index in [1.807, 2.05) is 0 Å². The minimum Gasteiger partial charge on any atom is -0.481 e. The van der Waals surface area contributed by atoms with Crippen molar-refractivity contribution in [2.75, 3.05) is 6.61 Å². The Balaban J connectivity index is 2.42. The Labute approximate surface area is 160 Å². The highest BCUT2D eigenvalue weighted by atomic mass is 19.4. The Morgan fingerprint density at radius 2 is 1.93 bits per heavy atom. The Morgan fingerprint density at radius 1 is 1.21 bits per heavy atom. The molecule has 0 bridgehead atoms. The van der Waals surface area contributed by atoms with Crippen LogP contribution in [0.3, 0.4) is 0 Å². The van der Waals surface area contributed by atoms with Crippen molar-refractivity contribution in [3.8, 4) is 5.75 Å². The van der Waals surface area contributed by atoms with Gasteiger partial charge >= 0.3 is 6.18 Å². The zero-order chi connectivity index (χ0) is 20.7. The van der Waals surface area contributed by atoms with Crippen LogP contribution in [-0.4, -0.2) is 16.8 Å². The summed E-state index contributed by atoms with van der Waals surface area (Å²) in [4.78, 5) is 17.9. The summed E-state index contributed by atoms with van der Waals surface area (Å²) >= 11 is 0. The third kappa shape index (κ3) is 3.40. The summed E-state index contributed by atoms with van der Waals surface area (Å²) in [6.07, 6.45) is -3.03. The Kier molecular flexibility index (Phi) is 5.01. The van der Waals surface area contributed by atoms with Crippen LogP contribution in [0.4, 0.5) is 13.2 Å². The van der Waals surface area contributed by atoms with Crippen LogP contribution >= 0.6 is 0 Å². The number of benzene rings is 1. The van der Waals surface area contributed by atoms with E-state index in [0.29, 0.717) is 12.3 Å². The van der Waals surface area contributed by atoms with Crippen molar-refractivity contribution in [2.24, 2.45) is 0 Å². The van der Waals surface area contributed by atoms with Gasteiger partial charge in [0.25, 0.3) is 5.56 Å². The molecule has 0 spiro atoms. The van der Waals surface area contributed by atoms with Crippen LogP contribution in [-0.2, 0) is 11.0 Å². The van der Waals surface area contributed by atoms with E-state index in [1.165, 1.54) is 29.8 Å². The van der Waals surface area contributed by atoms with Gasteiger partial charge in [-0.15, -0.1) is 0 Å². The SMILES string of the molecule is CCONC1=C(n2ccccc2=O)c2c(ccc(C(F)(F)F)c2C)OC1(C)C. The van der Waals surface area contributed by atoms with E-state index >= 15 is 0 Å². The molecular formula is C20H21F3N2O3. The maximum Gasteiger partial charge on any atom is 0.416 e. The topological polar surface area (TPSA) is 52.5 Å². The second-order valence-electron chi connectivity index (χ2n) is 6.89. The highest BCUT2D eigenvalue weighted by Gasteiger charge is 2.41. The molecule has 0 aliphatic carbocycles. The summed E-state index contributed by atoms with van der Waals surface area (Å²) in [5.41, 5.74) is 1.44. The number of hydrogen-bond donors (Lipinski definition) is 1. The number of ether oxygens (including phenoxy) is 1. The molecule has 0 radical (unpaired) electrons. The molecule has 0 atom stereocenters. The standard InChI is InChI=1S/C20H21F3N2O3/c1-5-27-24-18-17(25-11-7-6-8-15(25)26)16-12(2)13(20(21,22)23)9-10-14(16)28-19(18,3)4/h6-11,24H,5H2,1-4H3. The number of nitrogens with zero attached hydrogens (tertiary/aromatic N) is 1. The number of pyridine rings is 1. The smallest absolute Gasteiger partial charge is 0.416 e. The molecule has 5 nitrogen and oxygen atoms in total. The van der Waals surface area contributed by atoms with Gasteiger partial charge in [0.2, 0.25) is 0 Å². The van der Waals surface area contributed by atoms with Gasteiger partial charge in [-0.2, -0.15) is 13.2 Å². The Morgan fingerprint density at radius 3 is 2.54 bits per heavy atom. The fourth-order valence-electron chi connectivity index (χ4n) is 3.28. The van der Waals surface area contributed by atoms with Gasteiger partial charge in [0.15, 0.2) is 0 Å². The first-order valence-corrected chi connectivity index (χ1v) is 8.78. The maximum absolute atomic E-state index is 13.5. The lowest BCUT2D eigenvalue weighted by atomic mass is 9.90. The largest absolute Gasteiger partial charge is 0.481 e. The minimum atomic E-state index is -4.54. The van der Waals surface area contributed by atoms with E-state index in [1.54, 1.807) is 32.9 Å². The Hall–Kier alpha value is -2.74. The number of halogens is 3. The molecule has 2 heterocycles. The van der Waals surface area contributed by atoms with E-state index in [4.69, 9.17) is 9.57 Å². The first kappa shape index (κ1) is 20.0. The summed E-state index contributed by atoms with van der Waals surface area (Å²) in [6, 6.07) is 6.84. The van der Waals surface area contributed by atoms with Crippen molar-refractivity contribution >= 4 is 5.70 Å². The monoisotopic (exact) mass is 394 g/mol. The lowest BCUT2D eigenvalue weighted by Crippen LogP contribution is -2.43. The van der Waals surface area contributed by atoms with Crippen molar-refractivity contribution < 1.29 is 22.7 Å². The normalized spacial score (nSPS) is 15.8. The predicted octanol–water partition coefficient (Wildman–Crippen LogP) is 4.10. The van der Waals surface area contributed by atoms with Crippen LogP contribution in [0.15, 0.2) is 47.0 Å². The number of hydroxylamine groups is 1. The molecule has 1 aliphatic rings. The second-order valence-corrected chi connectivity index (χ2v) is 6.89. The van der Waals surface area contributed by atoms with E-state index in [2.05, 4.69) is 5.48 Å². The molecule has 0 saturated carbocycles. The van der Waals surface area contributed by atoms with E-state index < -0.39 is 17.3 Å². The predicted molar refractivity (Wildman–Crippen MR) is 98.7 cm³/mol. The van der Waals surface area contributed by atoms with Gasteiger partial charge < -0.3 is 4.74 Å². The number of rotatable bonds is 4. The van der Waals surface area contributed by atoms with Crippen LogP contribution in [0.25, 0.3) is 5.70 Å².